The first-order valence-corrected chi connectivity index (χ1v) is 2.81. The van der Waals surface area contributed by atoms with Gasteiger partial charge in [-0.2, -0.15) is 0 Å². The summed E-state index contributed by atoms with van der Waals surface area (Å²) < 4.78 is 4.46. The van der Waals surface area contributed by atoms with Crippen LogP contribution in [0.5, 0.6) is 0 Å². The third-order valence-electron chi connectivity index (χ3n) is 0.725. The summed E-state index contributed by atoms with van der Waals surface area (Å²) in [5.41, 5.74) is 0.336. The summed E-state index contributed by atoms with van der Waals surface area (Å²) in [6.07, 6.45) is 2.46. The van der Waals surface area contributed by atoms with E-state index < -0.39 is 5.97 Å². The van der Waals surface area contributed by atoms with E-state index in [1.54, 1.807) is 6.92 Å². The van der Waals surface area contributed by atoms with Gasteiger partial charge in [-0.3, -0.25) is 0 Å². The molecule has 0 fully saturated rings. The first kappa shape index (κ1) is 8.91. The highest BCUT2D eigenvalue weighted by molar-refractivity contribution is 5.87. The molecular formula is C7H10O3. The largest absolute Gasteiger partial charge is 0.431 e. The highest BCUT2D eigenvalue weighted by atomic mass is 16.5. The van der Waals surface area contributed by atoms with Crippen molar-refractivity contribution in [2.75, 3.05) is 6.61 Å². The van der Waals surface area contributed by atoms with Gasteiger partial charge >= 0.3 is 5.97 Å². The maximum Gasteiger partial charge on any atom is 0.337 e. The fourth-order valence-corrected chi connectivity index (χ4v) is 0.254. The second-order valence-electron chi connectivity index (χ2n) is 1.74. The quantitative estimate of drug-likeness (QED) is 0.357. The Morgan fingerprint density at radius 1 is 1.80 bits per heavy atom. The van der Waals surface area contributed by atoms with E-state index in [0.717, 1.165) is 6.26 Å². The summed E-state index contributed by atoms with van der Waals surface area (Å²) in [6, 6.07) is 0. The van der Waals surface area contributed by atoms with Gasteiger partial charge in [0.25, 0.3) is 0 Å². The van der Waals surface area contributed by atoms with Crippen LogP contribution in [-0.2, 0) is 9.53 Å². The molecule has 0 rings (SSSR count). The molecule has 0 unspecified atom stereocenters. The van der Waals surface area contributed by atoms with Gasteiger partial charge in [0.1, 0.15) is 0 Å². The predicted molar refractivity (Wildman–Crippen MR) is 37.1 cm³/mol. The van der Waals surface area contributed by atoms with Crippen LogP contribution in [0.4, 0.5) is 0 Å². The number of esters is 1. The Balaban J connectivity index is 3.60. The summed E-state index contributed by atoms with van der Waals surface area (Å²) in [7, 11) is 0. The van der Waals surface area contributed by atoms with E-state index in [4.69, 9.17) is 5.11 Å². The summed E-state index contributed by atoms with van der Waals surface area (Å²) in [5.74, 6) is -0.482. The molecule has 0 radical (unpaired) electrons. The average Bonchev–Trinajstić information content (AvgIpc) is 1.88. The van der Waals surface area contributed by atoms with Gasteiger partial charge in [-0.25, -0.2) is 4.79 Å². The fourth-order valence-electron chi connectivity index (χ4n) is 0.254. The van der Waals surface area contributed by atoms with Crippen molar-refractivity contribution in [3.8, 4) is 0 Å². The van der Waals surface area contributed by atoms with Crippen LogP contribution in [0.1, 0.15) is 6.92 Å². The molecule has 0 aromatic heterocycles. The molecule has 0 aromatic rings. The first-order valence-electron chi connectivity index (χ1n) is 2.81. The van der Waals surface area contributed by atoms with Gasteiger partial charge in [0.05, 0.1) is 12.9 Å². The van der Waals surface area contributed by atoms with E-state index in [1.165, 1.54) is 6.08 Å². The van der Waals surface area contributed by atoms with Gasteiger partial charge in [0.2, 0.25) is 0 Å². The molecule has 0 saturated carbocycles. The van der Waals surface area contributed by atoms with Crippen LogP contribution in [0.3, 0.4) is 0 Å². The maximum absolute atomic E-state index is 10.6. The van der Waals surface area contributed by atoms with Crippen molar-refractivity contribution in [2.45, 2.75) is 6.92 Å². The zero-order valence-corrected chi connectivity index (χ0v) is 5.83. The number of hydrogen-bond acceptors (Lipinski definition) is 3. The van der Waals surface area contributed by atoms with Crippen molar-refractivity contribution in [2.24, 2.45) is 0 Å². The van der Waals surface area contributed by atoms with Gasteiger partial charge in [-0.1, -0.05) is 6.58 Å². The molecule has 10 heavy (non-hydrogen) atoms. The van der Waals surface area contributed by atoms with Crippen molar-refractivity contribution in [3.63, 3.8) is 0 Å². The number of rotatable bonds is 3. The van der Waals surface area contributed by atoms with Crippen LogP contribution in [0.15, 0.2) is 24.5 Å². The number of aliphatic hydroxyl groups excluding tert-OH is 1. The molecule has 0 aliphatic heterocycles. The summed E-state index contributed by atoms with van der Waals surface area (Å²) in [4.78, 5) is 10.6. The van der Waals surface area contributed by atoms with Crippen LogP contribution >= 0.6 is 0 Å². The van der Waals surface area contributed by atoms with Crippen LogP contribution in [-0.4, -0.2) is 17.7 Å². The monoisotopic (exact) mass is 142 g/mol. The molecule has 0 aromatic carbocycles. The van der Waals surface area contributed by atoms with Gasteiger partial charge < -0.3 is 9.84 Å². The van der Waals surface area contributed by atoms with Gasteiger partial charge in [0, 0.05) is 5.57 Å². The molecule has 0 saturated heterocycles. The molecule has 3 heteroatoms. The van der Waals surface area contributed by atoms with Crippen LogP contribution < -0.4 is 0 Å². The highest BCUT2D eigenvalue weighted by Crippen LogP contribution is 1.91. The highest BCUT2D eigenvalue weighted by Gasteiger charge is 1.97. The van der Waals surface area contributed by atoms with E-state index in [9.17, 15) is 4.79 Å². The Morgan fingerprint density at radius 3 is 2.80 bits per heavy atom. The fraction of sp³-hybridized carbons (Fsp3) is 0.286. The molecule has 1 N–H and O–H groups in total. The zero-order chi connectivity index (χ0) is 7.98. The molecule has 0 spiro atoms. The first-order chi connectivity index (χ1) is 4.68. The normalized spacial score (nSPS) is 9.80. The van der Waals surface area contributed by atoms with Crippen molar-refractivity contribution in [1.82, 2.24) is 0 Å². The van der Waals surface area contributed by atoms with Crippen LogP contribution in [0, 0.1) is 0 Å². The number of ether oxygens (including phenoxy) is 1. The number of carbonyl (C=O) groups excluding carboxylic acids is 1. The zero-order valence-electron chi connectivity index (χ0n) is 5.83. The number of aliphatic hydroxyl groups is 1. The second-order valence-corrected chi connectivity index (χ2v) is 1.74. The van der Waals surface area contributed by atoms with E-state index >= 15 is 0 Å². The smallest absolute Gasteiger partial charge is 0.337 e. The van der Waals surface area contributed by atoms with Crippen LogP contribution in [0.25, 0.3) is 0 Å². The number of hydrogen-bond donors (Lipinski definition) is 1. The maximum atomic E-state index is 10.6. The molecule has 0 aliphatic rings. The van der Waals surface area contributed by atoms with E-state index in [0.29, 0.717) is 5.57 Å². The average molecular weight is 142 g/mol. The van der Waals surface area contributed by atoms with Gasteiger partial charge in [-0.15, -0.1) is 0 Å². The topological polar surface area (TPSA) is 46.5 Å². The Hall–Kier alpha value is -1.09. The van der Waals surface area contributed by atoms with E-state index in [1.807, 2.05) is 0 Å². The Morgan fingerprint density at radius 2 is 2.40 bits per heavy atom. The van der Waals surface area contributed by atoms with Crippen LogP contribution in [0.2, 0.25) is 0 Å². The molecule has 0 atom stereocenters. The third kappa shape index (κ3) is 3.86. The van der Waals surface area contributed by atoms with Gasteiger partial charge in [-0.05, 0) is 13.0 Å². The molecule has 3 nitrogen and oxygen atoms in total. The van der Waals surface area contributed by atoms with Crippen molar-refractivity contribution in [1.29, 1.82) is 0 Å². The Kier molecular flexibility index (Phi) is 4.24. The minimum Gasteiger partial charge on any atom is -0.431 e. The SMILES string of the molecule is C=C(C)C(=O)OC=CCO. The standard InChI is InChI=1S/C7H10O3/c1-6(2)7(9)10-5-3-4-8/h3,5,8H,1,4H2,2H3. The minimum absolute atomic E-state index is 0.135. The molecule has 0 bridgehead atoms. The summed E-state index contributed by atoms with van der Waals surface area (Å²) >= 11 is 0. The van der Waals surface area contributed by atoms with Gasteiger partial charge in [0.15, 0.2) is 0 Å². The lowest BCUT2D eigenvalue weighted by Gasteiger charge is -1.94. The summed E-state index contributed by atoms with van der Waals surface area (Å²) in [6.45, 7) is 4.78. The van der Waals surface area contributed by atoms with E-state index in [2.05, 4.69) is 11.3 Å². The lowest BCUT2D eigenvalue weighted by Crippen LogP contribution is -1.99. The molecule has 0 amide bonds. The Labute approximate surface area is 59.6 Å². The minimum atomic E-state index is -0.482. The summed E-state index contributed by atoms with van der Waals surface area (Å²) in [5, 5.41) is 8.22. The third-order valence-corrected chi connectivity index (χ3v) is 0.725. The van der Waals surface area contributed by atoms with Crippen molar-refractivity contribution >= 4 is 5.97 Å². The van der Waals surface area contributed by atoms with Crippen molar-refractivity contribution < 1.29 is 14.6 Å². The molecule has 0 heterocycles. The predicted octanol–water partition coefficient (Wildman–Crippen LogP) is 0.612. The number of carbonyl (C=O) groups is 1. The lowest BCUT2D eigenvalue weighted by atomic mass is 10.4. The molecular weight excluding hydrogens is 132 g/mol. The van der Waals surface area contributed by atoms with E-state index in [-0.39, 0.29) is 6.61 Å². The second kappa shape index (κ2) is 4.76. The Bertz CT molecular complexity index is 158. The molecule has 0 aliphatic carbocycles. The lowest BCUT2D eigenvalue weighted by molar-refractivity contribution is -0.133. The molecule has 56 valence electrons. The van der Waals surface area contributed by atoms with Crippen molar-refractivity contribution in [3.05, 3.63) is 24.5 Å².